The lowest BCUT2D eigenvalue weighted by Crippen LogP contribution is -2.42. The van der Waals surface area contributed by atoms with Crippen molar-refractivity contribution in [3.63, 3.8) is 0 Å². The molecular formula is C17H23N5O. The first-order valence-electron chi connectivity index (χ1n) is 7.77. The lowest BCUT2D eigenvalue weighted by molar-refractivity contribution is -0.117. The van der Waals surface area contributed by atoms with E-state index in [1.54, 1.807) is 18.1 Å². The number of rotatable bonds is 3. The molecule has 0 bridgehead atoms. The summed E-state index contributed by atoms with van der Waals surface area (Å²) >= 11 is 0. The molecule has 0 unspecified atom stereocenters. The van der Waals surface area contributed by atoms with Gasteiger partial charge in [-0.1, -0.05) is 44.2 Å². The number of likely N-dealkylation sites (N-methyl/N-ethyl adjacent to an activating group) is 2. The van der Waals surface area contributed by atoms with Gasteiger partial charge in [0.25, 0.3) is 0 Å². The highest BCUT2D eigenvalue weighted by Gasteiger charge is 2.26. The summed E-state index contributed by atoms with van der Waals surface area (Å²) in [6.07, 6.45) is 1.68. The largest absolute Gasteiger partial charge is 0.350 e. The molecule has 2 aromatic rings. The van der Waals surface area contributed by atoms with Gasteiger partial charge in [0, 0.05) is 20.6 Å². The van der Waals surface area contributed by atoms with Crippen LogP contribution < -0.4 is 15.1 Å². The normalized spacial score (nSPS) is 13.1. The van der Waals surface area contributed by atoms with Gasteiger partial charge in [0.05, 0.1) is 12.7 Å². The zero-order chi connectivity index (χ0) is 16.8. The molecule has 0 saturated carbocycles. The van der Waals surface area contributed by atoms with Crippen LogP contribution >= 0.6 is 0 Å². The number of anilines is 3. The maximum atomic E-state index is 11.8. The molecule has 0 fully saturated rings. The Kier molecular flexibility index (Phi) is 5.51. The minimum atomic E-state index is 0.0404. The molecule has 1 aromatic heterocycles. The van der Waals surface area contributed by atoms with Gasteiger partial charge >= 0.3 is 0 Å². The average molecular weight is 313 g/mol. The van der Waals surface area contributed by atoms with Crippen molar-refractivity contribution in [3.8, 4) is 0 Å². The van der Waals surface area contributed by atoms with Crippen LogP contribution in [-0.2, 0) is 11.3 Å². The minimum Gasteiger partial charge on any atom is -0.350 e. The van der Waals surface area contributed by atoms with Crippen LogP contribution in [0.2, 0.25) is 0 Å². The molecular weight excluding hydrogens is 290 g/mol. The Morgan fingerprint density at radius 1 is 1.17 bits per heavy atom. The van der Waals surface area contributed by atoms with E-state index >= 15 is 0 Å². The number of nitrogens with zero attached hydrogens (tertiary/aromatic N) is 4. The van der Waals surface area contributed by atoms with Gasteiger partial charge < -0.3 is 15.1 Å². The van der Waals surface area contributed by atoms with Gasteiger partial charge in [-0.3, -0.25) is 4.79 Å². The Morgan fingerprint density at radius 2 is 1.87 bits per heavy atom. The van der Waals surface area contributed by atoms with Crippen molar-refractivity contribution in [2.45, 2.75) is 20.4 Å². The molecule has 1 aromatic carbocycles. The van der Waals surface area contributed by atoms with Crippen LogP contribution in [0.15, 0.2) is 36.5 Å². The van der Waals surface area contributed by atoms with E-state index in [0.29, 0.717) is 19.0 Å². The SMILES string of the molecule is CC.CN1CC(=O)N(C)c2cnc(NCc3ccccc3)nc21. The summed E-state index contributed by atoms with van der Waals surface area (Å²) < 4.78 is 0. The first-order chi connectivity index (χ1) is 11.1. The molecule has 0 saturated heterocycles. The van der Waals surface area contributed by atoms with Crippen LogP contribution in [0.5, 0.6) is 0 Å². The predicted molar refractivity (Wildman–Crippen MR) is 93.8 cm³/mol. The van der Waals surface area contributed by atoms with E-state index in [0.717, 1.165) is 11.5 Å². The monoisotopic (exact) mass is 313 g/mol. The first kappa shape index (κ1) is 16.7. The standard InChI is InChI=1S/C15H17N5O.C2H6/c1-19-10-13(21)20(2)12-9-17-15(18-14(12)19)16-8-11-6-4-3-5-7-11;1-2/h3-7,9H,8,10H2,1-2H3,(H,16,17,18);1-2H3. The van der Waals surface area contributed by atoms with Gasteiger partial charge in [-0.05, 0) is 5.56 Å². The zero-order valence-corrected chi connectivity index (χ0v) is 14.1. The number of carbonyl (C=O) groups is 1. The van der Waals surface area contributed by atoms with Crippen LogP contribution in [0.25, 0.3) is 0 Å². The minimum absolute atomic E-state index is 0.0404. The highest BCUT2D eigenvalue weighted by Crippen LogP contribution is 2.29. The van der Waals surface area contributed by atoms with E-state index in [-0.39, 0.29) is 5.91 Å². The molecule has 3 rings (SSSR count). The maximum absolute atomic E-state index is 11.8. The zero-order valence-electron chi connectivity index (χ0n) is 14.1. The summed E-state index contributed by atoms with van der Waals surface area (Å²) in [6.45, 7) is 5.00. The molecule has 1 amide bonds. The number of hydrogen-bond donors (Lipinski definition) is 1. The van der Waals surface area contributed by atoms with Crippen LogP contribution in [0.3, 0.4) is 0 Å². The summed E-state index contributed by atoms with van der Waals surface area (Å²) in [5, 5.41) is 3.21. The smallest absolute Gasteiger partial charge is 0.246 e. The predicted octanol–water partition coefficient (Wildman–Crippen LogP) is 2.53. The first-order valence-corrected chi connectivity index (χ1v) is 7.77. The fourth-order valence-electron chi connectivity index (χ4n) is 2.26. The number of amides is 1. The summed E-state index contributed by atoms with van der Waals surface area (Å²) in [4.78, 5) is 24.0. The fourth-order valence-corrected chi connectivity index (χ4v) is 2.26. The van der Waals surface area contributed by atoms with Crippen molar-refractivity contribution >= 4 is 23.4 Å². The van der Waals surface area contributed by atoms with Crippen molar-refractivity contribution in [3.05, 3.63) is 42.1 Å². The molecule has 0 radical (unpaired) electrons. The van der Waals surface area contributed by atoms with Crippen molar-refractivity contribution < 1.29 is 4.79 Å². The Balaban J connectivity index is 0.000000924. The highest BCUT2D eigenvalue weighted by atomic mass is 16.2. The van der Waals surface area contributed by atoms with Crippen LogP contribution in [0.4, 0.5) is 17.5 Å². The summed E-state index contributed by atoms with van der Waals surface area (Å²) in [5.74, 6) is 1.37. The third-order valence-corrected chi connectivity index (χ3v) is 3.51. The Bertz CT molecular complexity index is 659. The van der Waals surface area contributed by atoms with Gasteiger partial charge in [0.2, 0.25) is 11.9 Å². The average Bonchev–Trinajstić information content (AvgIpc) is 2.60. The topological polar surface area (TPSA) is 61.4 Å². The summed E-state index contributed by atoms with van der Waals surface area (Å²) in [6, 6.07) is 10.1. The second-order valence-electron chi connectivity index (χ2n) is 5.05. The van der Waals surface area contributed by atoms with Crippen molar-refractivity contribution in [1.29, 1.82) is 0 Å². The van der Waals surface area contributed by atoms with Crippen molar-refractivity contribution in [2.75, 3.05) is 35.8 Å². The van der Waals surface area contributed by atoms with Crippen molar-refractivity contribution in [2.24, 2.45) is 0 Å². The summed E-state index contributed by atoms with van der Waals surface area (Å²) in [7, 11) is 3.60. The molecule has 122 valence electrons. The molecule has 0 atom stereocenters. The molecule has 2 heterocycles. The van der Waals surface area contributed by atoms with E-state index in [2.05, 4.69) is 15.3 Å². The van der Waals surface area contributed by atoms with Gasteiger partial charge in [0.15, 0.2) is 5.82 Å². The lowest BCUT2D eigenvalue weighted by Gasteiger charge is -2.31. The van der Waals surface area contributed by atoms with Crippen molar-refractivity contribution in [1.82, 2.24) is 9.97 Å². The van der Waals surface area contributed by atoms with E-state index < -0.39 is 0 Å². The fraction of sp³-hybridized carbons (Fsp3) is 0.353. The number of nitrogens with one attached hydrogen (secondary N) is 1. The maximum Gasteiger partial charge on any atom is 0.246 e. The second kappa shape index (κ2) is 7.58. The molecule has 6 nitrogen and oxygen atoms in total. The molecule has 1 aliphatic heterocycles. The van der Waals surface area contributed by atoms with Gasteiger partial charge in [0.1, 0.15) is 5.69 Å². The Hall–Kier alpha value is -2.63. The van der Waals surface area contributed by atoms with Gasteiger partial charge in [-0.2, -0.15) is 4.98 Å². The third kappa shape index (κ3) is 3.77. The number of fused-ring (bicyclic) bond motifs is 1. The van der Waals surface area contributed by atoms with E-state index in [9.17, 15) is 4.79 Å². The van der Waals surface area contributed by atoms with Crippen LogP contribution in [-0.4, -0.2) is 36.5 Å². The molecule has 0 spiro atoms. The molecule has 23 heavy (non-hydrogen) atoms. The molecule has 1 aliphatic rings. The van der Waals surface area contributed by atoms with Gasteiger partial charge in [-0.15, -0.1) is 0 Å². The molecule has 0 aliphatic carbocycles. The van der Waals surface area contributed by atoms with Gasteiger partial charge in [-0.25, -0.2) is 4.98 Å². The van der Waals surface area contributed by atoms with Crippen LogP contribution in [0.1, 0.15) is 19.4 Å². The van der Waals surface area contributed by atoms with E-state index in [1.165, 1.54) is 5.56 Å². The molecule has 6 heteroatoms. The quantitative estimate of drug-likeness (QED) is 0.943. The number of benzene rings is 1. The molecule has 1 N–H and O–H groups in total. The number of aromatic nitrogens is 2. The lowest BCUT2D eigenvalue weighted by atomic mass is 10.2. The summed E-state index contributed by atoms with van der Waals surface area (Å²) in [5.41, 5.74) is 1.90. The third-order valence-electron chi connectivity index (χ3n) is 3.51. The number of hydrogen-bond acceptors (Lipinski definition) is 5. The highest BCUT2D eigenvalue weighted by molar-refractivity contribution is 6.01. The Labute approximate surface area is 137 Å². The number of carbonyl (C=O) groups excluding carboxylic acids is 1. The van der Waals surface area contributed by atoms with E-state index in [4.69, 9.17) is 0 Å². The van der Waals surface area contributed by atoms with E-state index in [1.807, 2.05) is 56.1 Å². The Morgan fingerprint density at radius 3 is 2.57 bits per heavy atom. The second-order valence-corrected chi connectivity index (χ2v) is 5.05. The van der Waals surface area contributed by atoms with Crippen LogP contribution in [0, 0.1) is 0 Å².